The van der Waals surface area contributed by atoms with Crippen molar-refractivity contribution in [2.75, 3.05) is 0 Å². The van der Waals surface area contributed by atoms with Crippen LogP contribution in [0.2, 0.25) is 0 Å². The summed E-state index contributed by atoms with van der Waals surface area (Å²) in [4.78, 5) is 13.9. The number of pyridine rings is 1. The van der Waals surface area contributed by atoms with Crippen LogP contribution in [0, 0.1) is 0 Å². The average molecular weight is 279 g/mol. The molecule has 0 saturated heterocycles. The van der Waals surface area contributed by atoms with Crippen LogP contribution in [0.25, 0.3) is 11.1 Å². The zero-order chi connectivity index (χ0) is 14.7. The zero-order valence-corrected chi connectivity index (χ0v) is 11.1. The zero-order valence-electron chi connectivity index (χ0n) is 11.1. The SMILES string of the molecule is O=c1cc(-c2cc(Oc3ccccc3)ccc2O)cc[nH]1. The average Bonchev–Trinajstić information content (AvgIpc) is 2.50. The van der Waals surface area contributed by atoms with Gasteiger partial charge >= 0.3 is 0 Å². The molecule has 2 N–H and O–H groups in total. The van der Waals surface area contributed by atoms with Crippen molar-refractivity contribution >= 4 is 0 Å². The first-order valence-corrected chi connectivity index (χ1v) is 6.47. The van der Waals surface area contributed by atoms with Gasteiger partial charge in [0.25, 0.3) is 0 Å². The number of para-hydroxylation sites is 1. The lowest BCUT2D eigenvalue weighted by molar-refractivity contribution is 0.466. The van der Waals surface area contributed by atoms with Crippen LogP contribution in [0.5, 0.6) is 17.2 Å². The van der Waals surface area contributed by atoms with E-state index in [0.29, 0.717) is 22.6 Å². The smallest absolute Gasteiger partial charge is 0.248 e. The van der Waals surface area contributed by atoms with Crippen LogP contribution in [0.1, 0.15) is 0 Å². The van der Waals surface area contributed by atoms with Gasteiger partial charge in [-0.3, -0.25) is 4.79 Å². The molecule has 4 heteroatoms. The van der Waals surface area contributed by atoms with Crippen LogP contribution in [0.4, 0.5) is 0 Å². The maximum Gasteiger partial charge on any atom is 0.248 e. The van der Waals surface area contributed by atoms with Gasteiger partial charge < -0.3 is 14.8 Å². The Hall–Kier alpha value is -3.01. The largest absolute Gasteiger partial charge is 0.507 e. The van der Waals surface area contributed by atoms with Gasteiger partial charge in [-0.15, -0.1) is 0 Å². The minimum atomic E-state index is -0.221. The number of ether oxygens (including phenoxy) is 1. The summed E-state index contributed by atoms with van der Waals surface area (Å²) in [6.07, 6.45) is 1.54. The molecule has 0 amide bonds. The number of phenolic OH excluding ortho intramolecular Hbond substituents is 1. The maximum absolute atomic E-state index is 11.4. The predicted octanol–water partition coefficient (Wildman–Crippen LogP) is 3.54. The van der Waals surface area contributed by atoms with E-state index in [1.165, 1.54) is 6.07 Å². The Bertz CT molecular complexity index is 810. The third kappa shape index (κ3) is 2.95. The van der Waals surface area contributed by atoms with Crippen molar-refractivity contribution in [1.82, 2.24) is 4.98 Å². The van der Waals surface area contributed by atoms with E-state index in [1.54, 1.807) is 30.5 Å². The number of aromatic amines is 1. The predicted molar refractivity (Wildman–Crippen MR) is 80.7 cm³/mol. The number of hydrogen-bond acceptors (Lipinski definition) is 3. The molecule has 0 fully saturated rings. The minimum Gasteiger partial charge on any atom is -0.507 e. The van der Waals surface area contributed by atoms with Gasteiger partial charge in [0.2, 0.25) is 5.56 Å². The Labute approximate surface area is 121 Å². The number of rotatable bonds is 3. The summed E-state index contributed by atoms with van der Waals surface area (Å²) in [5.74, 6) is 1.40. The van der Waals surface area contributed by atoms with Crippen LogP contribution < -0.4 is 10.3 Å². The van der Waals surface area contributed by atoms with Crippen molar-refractivity contribution in [3.05, 3.63) is 77.2 Å². The highest BCUT2D eigenvalue weighted by Crippen LogP contribution is 2.33. The molecule has 2 aromatic carbocycles. The van der Waals surface area contributed by atoms with Crippen molar-refractivity contribution in [2.24, 2.45) is 0 Å². The number of benzene rings is 2. The fourth-order valence-corrected chi connectivity index (χ4v) is 2.05. The van der Waals surface area contributed by atoms with Crippen molar-refractivity contribution in [3.8, 4) is 28.4 Å². The van der Waals surface area contributed by atoms with E-state index in [9.17, 15) is 9.90 Å². The second kappa shape index (κ2) is 5.54. The van der Waals surface area contributed by atoms with Crippen LogP contribution >= 0.6 is 0 Å². The normalized spacial score (nSPS) is 10.3. The highest BCUT2D eigenvalue weighted by Gasteiger charge is 2.07. The fraction of sp³-hybridized carbons (Fsp3) is 0. The molecule has 104 valence electrons. The molecule has 4 nitrogen and oxygen atoms in total. The summed E-state index contributed by atoms with van der Waals surface area (Å²) in [7, 11) is 0. The molecule has 0 bridgehead atoms. The summed E-state index contributed by atoms with van der Waals surface area (Å²) < 4.78 is 5.73. The Morgan fingerprint density at radius 3 is 2.48 bits per heavy atom. The van der Waals surface area contributed by atoms with Crippen molar-refractivity contribution in [2.45, 2.75) is 0 Å². The van der Waals surface area contributed by atoms with Crippen molar-refractivity contribution in [1.29, 1.82) is 0 Å². The molecule has 0 aliphatic heterocycles. The third-order valence-corrected chi connectivity index (χ3v) is 3.03. The van der Waals surface area contributed by atoms with Gasteiger partial charge in [-0.1, -0.05) is 18.2 Å². The van der Waals surface area contributed by atoms with Gasteiger partial charge in [-0.2, -0.15) is 0 Å². The molecule has 0 radical (unpaired) electrons. The topological polar surface area (TPSA) is 62.3 Å². The molecular weight excluding hydrogens is 266 g/mol. The van der Waals surface area contributed by atoms with E-state index in [0.717, 1.165) is 0 Å². The quantitative estimate of drug-likeness (QED) is 0.770. The summed E-state index contributed by atoms with van der Waals surface area (Å²) in [5, 5.41) is 9.98. The van der Waals surface area contributed by atoms with Crippen LogP contribution in [0.15, 0.2) is 71.7 Å². The molecule has 0 spiro atoms. The Morgan fingerprint density at radius 2 is 1.71 bits per heavy atom. The number of aromatic nitrogens is 1. The summed E-state index contributed by atoms with van der Waals surface area (Å²) in [5.41, 5.74) is 0.963. The van der Waals surface area contributed by atoms with Gasteiger partial charge in [0.05, 0.1) is 0 Å². The molecule has 1 heterocycles. The van der Waals surface area contributed by atoms with Crippen molar-refractivity contribution < 1.29 is 9.84 Å². The molecule has 0 aliphatic rings. The first-order chi connectivity index (χ1) is 10.2. The van der Waals surface area contributed by atoms with Crippen LogP contribution in [-0.4, -0.2) is 10.1 Å². The summed E-state index contributed by atoms with van der Waals surface area (Å²) >= 11 is 0. The molecule has 3 aromatic rings. The number of nitrogens with one attached hydrogen (secondary N) is 1. The monoisotopic (exact) mass is 279 g/mol. The Balaban J connectivity index is 1.99. The summed E-state index contributed by atoms with van der Waals surface area (Å²) in [6.45, 7) is 0. The van der Waals surface area contributed by atoms with E-state index in [-0.39, 0.29) is 11.3 Å². The molecule has 0 atom stereocenters. The minimum absolute atomic E-state index is 0.0982. The lowest BCUT2D eigenvalue weighted by Crippen LogP contribution is -2.02. The highest BCUT2D eigenvalue weighted by atomic mass is 16.5. The molecule has 0 unspecified atom stereocenters. The Morgan fingerprint density at radius 1 is 0.905 bits per heavy atom. The van der Waals surface area contributed by atoms with Crippen molar-refractivity contribution in [3.63, 3.8) is 0 Å². The first-order valence-electron chi connectivity index (χ1n) is 6.47. The number of hydrogen-bond donors (Lipinski definition) is 2. The first kappa shape index (κ1) is 13.0. The Kier molecular flexibility index (Phi) is 3.43. The summed E-state index contributed by atoms with van der Waals surface area (Å²) in [6, 6.07) is 17.5. The van der Waals surface area contributed by atoms with Gasteiger partial charge in [-0.05, 0) is 42.0 Å². The molecular formula is C17H13NO3. The van der Waals surface area contributed by atoms with E-state index >= 15 is 0 Å². The second-order valence-electron chi connectivity index (χ2n) is 4.54. The van der Waals surface area contributed by atoms with Crippen LogP contribution in [-0.2, 0) is 0 Å². The van der Waals surface area contributed by atoms with Gasteiger partial charge in [0.1, 0.15) is 17.2 Å². The van der Waals surface area contributed by atoms with E-state index < -0.39 is 0 Å². The number of aromatic hydroxyl groups is 1. The molecule has 0 saturated carbocycles. The standard InChI is InChI=1S/C17H13NO3/c19-16-7-6-14(21-13-4-2-1-3-5-13)11-15(16)12-8-9-18-17(20)10-12/h1-11,19H,(H,18,20). The second-order valence-corrected chi connectivity index (χ2v) is 4.54. The molecule has 21 heavy (non-hydrogen) atoms. The molecule has 1 aromatic heterocycles. The molecule has 3 rings (SSSR count). The van der Waals surface area contributed by atoms with Gasteiger partial charge in [0.15, 0.2) is 0 Å². The maximum atomic E-state index is 11.4. The third-order valence-electron chi connectivity index (χ3n) is 3.03. The molecule has 0 aliphatic carbocycles. The lowest BCUT2D eigenvalue weighted by Gasteiger charge is -2.09. The fourth-order valence-electron chi connectivity index (χ4n) is 2.05. The van der Waals surface area contributed by atoms with E-state index in [2.05, 4.69) is 4.98 Å². The number of H-pyrrole nitrogens is 1. The van der Waals surface area contributed by atoms with Gasteiger partial charge in [0, 0.05) is 17.8 Å². The van der Waals surface area contributed by atoms with E-state index in [4.69, 9.17) is 4.74 Å². The van der Waals surface area contributed by atoms with E-state index in [1.807, 2.05) is 30.3 Å². The lowest BCUT2D eigenvalue weighted by atomic mass is 10.1. The van der Waals surface area contributed by atoms with Crippen LogP contribution in [0.3, 0.4) is 0 Å². The number of phenols is 1. The highest BCUT2D eigenvalue weighted by molar-refractivity contribution is 5.71. The van der Waals surface area contributed by atoms with Gasteiger partial charge in [-0.25, -0.2) is 0 Å².